The summed E-state index contributed by atoms with van der Waals surface area (Å²) < 4.78 is 11.5. The first-order valence-corrected chi connectivity index (χ1v) is 11.7. The Bertz CT molecular complexity index is 506. The van der Waals surface area contributed by atoms with Crippen LogP contribution in [0.25, 0.3) is 0 Å². The second-order valence-electron chi connectivity index (χ2n) is 8.46. The summed E-state index contributed by atoms with van der Waals surface area (Å²) >= 11 is 0. The molecule has 0 aliphatic carbocycles. The van der Waals surface area contributed by atoms with Crippen molar-refractivity contribution in [2.24, 2.45) is 5.73 Å². The van der Waals surface area contributed by atoms with E-state index < -0.39 is 29.7 Å². The number of amides is 1. The van der Waals surface area contributed by atoms with Crippen LogP contribution in [0.1, 0.15) is 105 Å². The SMILES string of the molecule is C=C(C)C(=O)OC(CCCCCCCCCCC)C(CCC)(OCC(C)O)C(N)=O. The van der Waals surface area contributed by atoms with E-state index in [1.54, 1.807) is 13.8 Å². The van der Waals surface area contributed by atoms with E-state index in [4.69, 9.17) is 15.2 Å². The molecule has 1 amide bonds. The number of esters is 1. The lowest BCUT2D eigenvalue weighted by Gasteiger charge is -2.38. The summed E-state index contributed by atoms with van der Waals surface area (Å²) in [6.07, 6.45) is 10.3. The zero-order valence-electron chi connectivity index (χ0n) is 19.7. The van der Waals surface area contributed by atoms with Crippen molar-refractivity contribution in [2.75, 3.05) is 6.61 Å². The van der Waals surface area contributed by atoms with E-state index in [-0.39, 0.29) is 12.2 Å². The van der Waals surface area contributed by atoms with Crippen molar-refractivity contribution in [3.63, 3.8) is 0 Å². The van der Waals surface area contributed by atoms with Gasteiger partial charge in [-0.05, 0) is 33.1 Å². The van der Waals surface area contributed by atoms with Crippen LogP contribution in [0.15, 0.2) is 12.2 Å². The molecule has 0 aromatic rings. The van der Waals surface area contributed by atoms with E-state index in [1.807, 2.05) is 6.92 Å². The third-order valence-corrected chi connectivity index (χ3v) is 5.31. The Morgan fingerprint density at radius 1 is 1.00 bits per heavy atom. The van der Waals surface area contributed by atoms with Gasteiger partial charge in [0, 0.05) is 5.57 Å². The Morgan fingerprint density at radius 2 is 1.53 bits per heavy atom. The fraction of sp³-hybridized carbons (Fsp3) is 0.833. The third kappa shape index (κ3) is 11.1. The maximum absolute atomic E-state index is 12.5. The molecular weight excluding hydrogens is 382 g/mol. The van der Waals surface area contributed by atoms with Gasteiger partial charge in [0.1, 0.15) is 6.10 Å². The van der Waals surface area contributed by atoms with Crippen LogP contribution in [0.4, 0.5) is 0 Å². The van der Waals surface area contributed by atoms with Gasteiger partial charge < -0.3 is 20.3 Å². The highest BCUT2D eigenvalue weighted by Crippen LogP contribution is 2.30. The smallest absolute Gasteiger partial charge is 0.333 e. The molecule has 0 rings (SSSR count). The molecule has 0 saturated heterocycles. The van der Waals surface area contributed by atoms with Crippen molar-refractivity contribution in [3.05, 3.63) is 12.2 Å². The number of ether oxygens (including phenoxy) is 2. The summed E-state index contributed by atoms with van der Waals surface area (Å²) in [4.78, 5) is 24.7. The second kappa shape index (κ2) is 16.3. The Morgan fingerprint density at radius 3 is 1.97 bits per heavy atom. The molecule has 0 heterocycles. The highest BCUT2D eigenvalue weighted by Gasteiger charge is 2.47. The molecule has 0 saturated carbocycles. The quantitative estimate of drug-likeness (QED) is 0.175. The lowest BCUT2D eigenvalue weighted by Crippen LogP contribution is -2.57. The van der Waals surface area contributed by atoms with Crippen LogP contribution < -0.4 is 5.73 Å². The van der Waals surface area contributed by atoms with Crippen LogP contribution in [0.2, 0.25) is 0 Å². The van der Waals surface area contributed by atoms with E-state index in [1.165, 1.54) is 38.5 Å². The Kier molecular flexibility index (Phi) is 15.6. The van der Waals surface area contributed by atoms with Crippen molar-refractivity contribution in [1.29, 1.82) is 0 Å². The topological polar surface area (TPSA) is 98.8 Å². The predicted octanol–water partition coefficient (Wildman–Crippen LogP) is 4.82. The van der Waals surface area contributed by atoms with Crippen molar-refractivity contribution < 1.29 is 24.2 Å². The van der Waals surface area contributed by atoms with Crippen molar-refractivity contribution in [2.45, 2.75) is 123 Å². The Hall–Kier alpha value is -1.40. The van der Waals surface area contributed by atoms with Crippen LogP contribution in [0.5, 0.6) is 0 Å². The van der Waals surface area contributed by atoms with Crippen LogP contribution in [0.3, 0.4) is 0 Å². The van der Waals surface area contributed by atoms with Gasteiger partial charge in [-0.3, -0.25) is 4.79 Å². The molecule has 0 fully saturated rings. The number of aliphatic hydroxyl groups is 1. The number of carbonyl (C=O) groups excluding carboxylic acids is 2. The zero-order chi connectivity index (χ0) is 23.0. The average molecular weight is 428 g/mol. The summed E-state index contributed by atoms with van der Waals surface area (Å²) in [5.41, 5.74) is 4.56. The predicted molar refractivity (Wildman–Crippen MR) is 121 cm³/mol. The molecule has 30 heavy (non-hydrogen) atoms. The average Bonchev–Trinajstić information content (AvgIpc) is 2.68. The number of rotatable bonds is 19. The largest absolute Gasteiger partial charge is 0.455 e. The van der Waals surface area contributed by atoms with E-state index in [2.05, 4.69) is 13.5 Å². The molecule has 0 aromatic carbocycles. The lowest BCUT2D eigenvalue weighted by atomic mass is 9.86. The van der Waals surface area contributed by atoms with Gasteiger partial charge in [-0.15, -0.1) is 0 Å². The van der Waals surface area contributed by atoms with E-state index in [0.717, 1.165) is 19.3 Å². The van der Waals surface area contributed by atoms with E-state index in [0.29, 0.717) is 19.3 Å². The minimum atomic E-state index is -1.45. The summed E-state index contributed by atoms with van der Waals surface area (Å²) in [5, 5.41) is 9.67. The third-order valence-electron chi connectivity index (χ3n) is 5.31. The Balaban J connectivity index is 5.06. The molecule has 6 nitrogen and oxygen atoms in total. The lowest BCUT2D eigenvalue weighted by molar-refractivity contribution is -0.185. The standard InChI is InChI=1S/C24H45NO5/c1-6-8-9-10-11-12-13-14-15-16-21(30-22(27)19(3)4)24(17-7-2,23(25)28)29-18-20(5)26/h20-21,26H,3,6-18H2,1-2,4-5H3,(H2,25,28). The normalized spacial score (nSPS) is 15.2. The molecule has 0 bridgehead atoms. The molecular formula is C24H45NO5. The maximum atomic E-state index is 12.5. The molecule has 6 heteroatoms. The highest BCUT2D eigenvalue weighted by atomic mass is 16.6. The summed E-state index contributed by atoms with van der Waals surface area (Å²) in [6, 6.07) is 0. The molecule has 3 unspecified atom stereocenters. The zero-order valence-corrected chi connectivity index (χ0v) is 19.7. The van der Waals surface area contributed by atoms with Crippen molar-refractivity contribution in [3.8, 4) is 0 Å². The van der Waals surface area contributed by atoms with Gasteiger partial charge in [-0.25, -0.2) is 4.79 Å². The fourth-order valence-electron chi connectivity index (χ4n) is 3.58. The number of nitrogens with two attached hydrogens (primary N) is 1. The summed E-state index contributed by atoms with van der Waals surface area (Å²) in [6.45, 7) is 10.9. The summed E-state index contributed by atoms with van der Waals surface area (Å²) in [7, 11) is 0. The van der Waals surface area contributed by atoms with Gasteiger partial charge >= 0.3 is 5.97 Å². The number of hydrogen-bond donors (Lipinski definition) is 2. The highest BCUT2D eigenvalue weighted by molar-refractivity contribution is 5.89. The molecule has 0 aliphatic rings. The number of primary amides is 1. The van der Waals surface area contributed by atoms with E-state index >= 15 is 0 Å². The van der Waals surface area contributed by atoms with Gasteiger partial charge in [-0.1, -0.05) is 78.2 Å². The monoisotopic (exact) mass is 427 g/mol. The van der Waals surface area contributed by atoms with Gasteiger partial charge in [0.15, 0.2) is 5.60 Å². The molecule has 0 aliphatic heterocycles. The minimum absolute atomic E-state index is 0.0537. The molecule has 0 radical (unpaired) electrons. The molecule has 0 aromatic heterocycles. The van der Waals surface area contributed by atoms with Gasteiger partial charge in [-0.2, -0.15) is 0 Å². The van der Waals surface area contributed by atoms with Crippen molar-refractivity contribution >= 4 is 11.9 Å². The van der Waals surface area contributed by atoms with Gasteiger partial charge in [0.05, 0.1) is 12.7 Å². The number of carbonyl (C=O) groups is 2. The molecule has 3 atom stereocenters. The number of unbranched alkanes of at least 4 members (excludes halogenated alkanes) is 8. The fourth-order valence-corrected chi connectivity index (χ4v) is 3.58. The van der Waals surface area contributed by atoms with Crippen LogP contribution in [-0.2, 0) is 19.1 Å². The van der Waals surface area contributed by atoms with Gasteiger partial charge in [0.25, 0.3) is 5.91 Å². The van der Waals surface area contributed by atoms with E-state index in [9.17, 15) is 14.7 Å². The number of hydrogen-bond acceptors (Lipinski definition) is 5. The first-order chi connectivity index (χ1) is 14.2. The van der Waals surface area contributed by atoms with Crippen LogP contribution >= 0.6 is 0 Å². The maximum Gasteiger partial charge on any atom is 0.333 e. The number of aliphatic hydroxyl groups excluding tert-OH is 1. The second-order valence-corrected chi connectivity index (χ2v) is 8.46. The summed E-state index contributed by atoms with van der Waals surface area (Å²) in [5.74, 6) is -1.22. The molecule has 0 spiro atoms. The Labute approximate surface area is 183 Å². The molecule has 176 valence electrons. The first kappa shape index (κ1) is 28.6. The van der Waals surface area contributed by atoms with Gasteiger partial charge in [0.2, 0.25) is 0 Å². The van der Waals surface area contributed by atoms with Crippen molar-refractivity contribution in [1.82, 2.24) is 0 Å². The van der Waals surface area contributed by atoms with Crippen LogP contribution in [0, 0.1) is 0 Å². The minimum Gasteiger partial charge on any atom is -0.455 e. The molecule has 3 N–H and O–H groups in total. The first-order valence-electron chi connectivity index (χ1n) is 11.7. The van der Waals surface area contributed by atoms with Crippen LogP contribution in [-0.4, -0.2) is 41.4 Å².